The molecule has 0 atom stereocenters. The van der Waals surface area contributed by atoms with Gasteiger partial charge in [-0.25, -0.2) is 0 Å². The monoisotopic (exact) mass is 334 g/mol. The molecule has 0 amide bonds. The summed E-state index contributed by atoms with van der Waals surface area (Å²) in [5.74, 6) is 1.03. The maximum Gasteiger partial charge on any atom is 0.193 e. The second-order valence-corrected chi connectivity index (χ2v) is 7.19. The van der Waals surface area contributed by atoms with Crippen molar-refractivity contribution in [2.24, 2.45) is 4.99 Å². The van der Waals surface area contributed by atoms with Gasteiger partial charge in [0.05, 0.1) is 5.00 Å². The molecule has 0 unspecified atom stereocenters. The van der Waals surface area contributed by atoms with Crippen LogP contribution < -0.4 is 10.2 Å². The molecular weight excluding hydrogens is 312 g/mol. The fourth-order valence-electron chi connectivity index (χ4n) is 2.67. The third-order valence-corrected chi connectivity index (χ3v) is 5.71. The van der Waals surface area contributed by atoms with E-state index in [4.69, 9.17) is 0 Å². The Morgan fingerprint density at radius 1 is 1.14 bits per heavy atom. The summed E-state index contributed by atoms with van der Waals surface area (Å²) >= 11 is 3.64. The van der Waals surface area contributed by atoms with Gasteiger partial charge in [-0.1, -0.05) is 6.07 Å². The van der Waals surface area contributed by atoms with Gasteiger partial charge in [0.2, 0.25) is 0 Å². The van der Waals surface area contributed by atoms with E-state index in [9.17, 15) is 0 Å². The van der Waals surface area contributed by atoms with Gasteiger partial charge in [0.1, 0.15) is 0 Å². The van der Waals surface area contributed by atoms with Crippen LogP contribution in [0.25, 0.3) is 0 Å². The van der Waals surface area contributed by atoms with Crippen LogP contribution in [-0.2, 0) is 6.42 Å². The average Bonchev–Trinajstić information content (AvgIpc) is 3.25. The van der Waals surface area contributed by atoms with Crippen LogP contribution in [0, 0.1) is 0 Å². The van der Waals surface area contributed by atoms with Gasteiger partial charge in [-0.15, -0.1) is 22.7 Å². The van der Waals surface area contributed by atoms with Crippen LogP contribution in [0.1, 0.15) is 4.88 Å². The van der Waals surface area contributed by atoms with Crippen molar-refractivity contribution in [2.75, 3.05) is 44.7 Å². The lowest BCUT2D eigenvalue weighted by Crippen LogP contribution is -2.52. The first-order chi connectivity index (χ1) is 10.9. The van der Waals surface area contributed by atoms with Crippen molar-refractivity contribution in [3.8, 4) is 0 Å². The molecule has 0 spiro atoms. The van der Waals surface area contributed by atoms with Gasteiger partial charge in [-0.3, -0.25) is 4.99 Å². The molecule has 0 bridgehead atoms. The molecule has 0 saturated carbocycles. The van der Waals surface area contributed by atoms with Crippen LogP contribution in [0.4, 0.5) is 5.00 Å². The third kappa shape index (κ3) is 3.81. The summed E-state index contributed by atoms with van der Waals surface area (Å²) in [5.41, 5.74) is 0. The van der Waals surface area contributed by atoms with Crippen molar-refractivity contribution in [1.29, 1.82) is 0 Å². The molecule has 3 heterocycles. The Hall–Kier alpha value is -1.53. The maximum atomic E-state index is 4.44. The Morgan fingerprint density at radius 3 is 2.55 bits per heavy atom. The zero-order valence-corrected chi connectivity index (χ0v) is 14.5. The Labute approximate surface area is 140 Å². The minimum absolute atomic E-state index is 0.943. The van der Waals surface area contributed by atoms with Gasteiger partial charge < -0.3 is 15.1 Å². The molecule has 0 aromatic carbocycles. The van der Waals surface area contributed by atoms with Gasteiger partial charge in [0.25, 0.3) is 0 Å². The van der Waals surface area contributed by atoms with Crippen molar-refractivity contribution >= 4 is 33.6 Å². The number of thiophene rings is 2. The van der Waals surface area contributed by atoms with E-state index in [0.29, 0.717) is 0 Å². The fraction of sp³-hybridized carbons (Fsp3) is 0.438. The highest BCUT2D eigenvalue weighted by atomic mass is 32.1. The molecule has 2 aromatic heterocycles. The topological polar surface area (TPSA) is 30.9 Å². The number of hydrogen-bond donors (Lipinski definition) is 1. The molecule has 0 radical (unpaired) electrons. The van der Waals surface area contributed by atoms with Gasteiger partial charge in [-0.05, 0) is 35.4 Å². The Balaban J connectivity index is 1.46. The quantitative estimate of drug-likeness (QED) is 0.689. The predicted octanol–water partition coefficient (Wildman–Crippen LogP) is 2.75. The lowest BCUT2D eigenvalue weighted by molar-refractivity contribution is 0.374. The number of guanidine groups is 1. The van der Waals surface area contributed by atoms with Gasteiger partial charge in [0, 0.05) is 44.6 Å². The summed E-state index contributed by atoms with van der Waals surface area (Å²) in [6.07, 6.45) is 1.06. The second kappa shape index (κ2) is 7.65. The number of anilines is 1. The van der Waals surface area contributed by atoms with E-state index in [1.165, 1.54) is 9.88 Å². The summed E-state index contributed by atoms with van der Waals surface area (Å²) in [7, 11) is 1.87. The first-order valence-corrected chi connectivity index (χ1v) is 9.39. The highest BCUT2D eigenvalue weighted by Crippen LogP contribution is 2.22. The van der Waals surface area contributed by atoms with Crippen LogP contribution in [0.2, 0.25) is 0 Å². The normalized spacial score (nSPS) is 16.1. The predicted molar refractivity (Wildman–Crippen MR) is 97.5 cm³/mol. The van der Waals surface area contributed by atoms with Gasteiger partial charge in [-0.2, -0.15) is 0 Å². The van der Waals surface area contributed by atoms with Crippen molar-refractivity contribution in [3.63, 3.8) is 0 Å². The largest absolute Gasteiger partial charge is 0.360 e. The van der Waals surface area contributed by atoms with Gasteiger partial charge >= 0.3 is 0 Å². The van der Waals surface area contributed by atoms with E-state index in [2.05, 4.69) is 55.1 Å². The Bertz CT molecular complexity index is 569. The zero-order chi connectivity index (χ0) is 15.2. The number of nitrogens with one attached hydrogen (secondary N) is 1. The highest BCUT2D eigenvalue weighted by Gasteiger charge is 2.19. The van der Waals surface area contributed by atoms with E-state index >= 15 is 0 Å². The molecular formula is C16H22N4S2. The molecule has 1 saturated heterocycles. The van der Waals surface area contributed by atoms with Crippen LogP contribution in [0.15, 0.2) is 40.0 Å². The molecule has 0 aliphatic carbocycles. The zero-order valence-electron chi connectivity index (χ0n) is 12.9. The summed E-state index contributed by atoms with van der Waals surface area (Å²) in [5, 5.41) is 9.15. The van der Waals surface area contributed by atoms with Crippen LogP contribution in [0.5, 0.6) is 0 Å². The van der Waals surface area contributed by atoms with Crippen molar-refractivity contribution in [3.05, 3.63) is 39.9 Å². The molecule has 1 aliphatic rings. The maximum absolute atomic E-state index is 4.44. The Kier molecular flexibility index (Phi) is 5.34. The first kappa shape index (κ1) is 15.4. The first-order valence-electron chi connectivity index (χ1n) is 7.63. The lowest BCUT2D eigenvalue weighted by Gasteiger charge is -2.37. The molecule has 1 aliphatic heterocycles. The fourth-order valence-corrected chi connectivity index (χ4v) is 4.17. The highest BCUT2D eigenvalue weighted by molar-refractivity contribution is 7.14. The Morgan fingerprint density at radius 2 is 1.91 bits per heavy atom. The third-order valence-electron chi connectivity index (χ3n) is 3.84. The van der Waals surface area contributed by atoms with E-state index in [1.807, 2.05) is 29.7 Å². The summed E-state index contributed by atoms with van der Waals surface area (Å²) in [4.78, 5) is 10.7. The van der Waals surface area contributed by atoms with E-state index in [0.717, 1.165) is 45.1 Å². The molecule has 4 nitrogen and oxygen atoms in total. The van der Waals surface area contributed by atoms with E-state index in [1.54, 1.807) is 0 Å². The standard InChI is InChI=1S/C16H22N4S2/c1-17-16(18-7-6-14-4-2-12-21-14)20-10-8-19(9-11-20)15-5-3-13-22-15/h2-5,12-13H,6-11H2,1H3,(H,17,18). The van der Waals surface area contributed by atoms with E-state index < -0.39 is 0 Å². The summed E-state index contributed by atoms with van der Waals surface area (Å²) < 4.78 is 0. The smallest absolute Gasteiger partial charge is 0.193 e. The summed E-state index contributed by atoms with van der Waals surface area (Å²) in [6, 6.07) is 8.62. The van der Waals surface area contributed by atoms with Gasteiger partial charge in [0.15, 0.2) is 5.96 Å². The minimum Gasteiger partial charge on any atom is -0.360 e. The molecule has 2 aromatic rings. The van der Waals surface area contributed by atoms with Crippen LogP contribution in [0.3, 0.4) is 0 Å². The summed E-state index contributed by atoms with van der Waals surface area (Å²) in [6.45, 7) is 5.11. The number of aliphatic imine (C=N–C) groups is 1. The number of piperazine rings is 1. The molecule has 1 N–H and O–H groups in total. The van der Waals surface area contributed by atoms with Crippen LogP contribution in [-0.4, -0.2) is 50.6 Å². The lowest BCUT2D eigenvalue weighted by atomic mass is 10.3. The molecule has 1 fully saturated rings. The average molecular weight is 335 g/mol. The van der Waals surface area contributed by atoms with E-state index in [-0.39, 0.29) is 0 Å². The molecule has 3 rings (SSSR count). The molecule has 118 valence electrons. The number of rotatable bonds is 4. The van der Waals surface area contributed by atoms with Crippen molar-refractivity contribution in [2.45, 2.75) is 6.42 Å². The molecule has 6 heteroatoms. The minimum atomic E-state index is 0.943. The van der Waals surface area contributed by atoms with Crippen LogP contribution >= 0.6 is 22.7 Å². The molecule has 22 heavy (non-hydrogen) atoms. The number of nitrogens with zero attached hydrogens (tertiary/aromatic N) is 3. The SMILES string of the molecule is CN=C(NCCc1cccs1)N1CCN(c2cccs2)CC1. The second-order valence-electron chi connectivity index (χ2n) is 5.23. The number of hydrogen-bond acceptors (Lipinski definition) is 4. The van der Waals surface area contributed by atoms with Crippen molar-refractivity contribution in [1.82, 2.24) is 10.2 Å². The van der Waals surface area contributed by atoms with Crippen molar-refractivity contribution < 1.29 is 0 Å².